The zero-order chi connectivity index (χ0) is 44.1. The highest BCUT2D eigenvalue weighted by Gasteiger charge is 2.39. The molecule has 1 heterocycles. The Kier molecular flexibility index (Phi) is 17.4. The highest BCUT2D eigenvalue weighted by atomic mass is 16.7. The number of hydrazine groups is 1. The third-order valence-electron chi connectivity index (χ3n) is 8.90. The average molecular weight is 818 g/mol. The highest BCUT2D eigenvalue weighted by molar-refractivity contribution is 5.87. The highest BCUT2D eigenvalue weighted by Crippen LogP contribution is 2.24. The number of ether oxygens (including phenoxy) is 2. The van der Waals surface area contributed by atoms with Crippen LogP contribution in [0.25, 0.3) is 11.3 Å². The lowest BCUT2D eigenvalue weighted by atomic mass is 9.85. The molecule has 0 aliphatic heterocycles. The molecule has 14 heteroatoms. The van der Waals surface area contributed by atoms with Gasteiger partial charge in [0.1, 0.15) is 23.8 Å². The maximum Gasteiger partial charge on any atom is 0.408 e. The first-order chi connectivity index (χ1) is 27.4. The second-order valence-electron chi connectivity index (χ2n) is 18.4. The number of carbonyl (C=O) groups excluding carboxylic acids is 4. The number of alkyl carbamates (subject to hydrolysis) is 2. The topological polar surface area (TPSA) is 163 Å². The molecule has 324 valence electrons. The molecule has 3 aromatic rings. The van der Waals surface area contributed by atoms with E-state index < -0.39 is 64.7 Å². The Morgan fingerprint density at radius 1 is 0.695 bits per heavy atom. The summed E-state index contributed by atoms with van der Waals surface area (Å²) in [6.07, 6.45) is -0.479. The number of carbonyl (C=O) groups is 4. The fraction of sp³-hybridized carbons (Fsp3) is 0.533. The van der Waals surface area contributed by atoms with E-state index in [0.717, 1.165) is 22.4 Å². The summed E-state index contributed by atoms with van der Waals surface area (Å²) in [4.78, 5) is 65.5. The number of rotatable bonds is 17. The summed E-state index contributed by atoms with van der Waals surface area (Å²) < 4.78 is 10.9. The molecule has 4 N–H and O–H groups in total. The summed E-state index contributed by atoms with van der Waals surface area (Å²) in [6, 6.07) is 20.6. The molecule has 0 bridgehead atoms. The molecule has 2 aromatic carbocycles. The van der Waals surface area contributed by atoms with Crippen molar-refractivity contribution in [1.29, 1.82) is 0 Å². The molecule has 0 saturated heterocycles. The van der Waals surface area contributed by atoms with Gasteiger partial charge in [-0.1, -0.05) is 102 Å². The molecular weight excluding hydrogens is 751 g/mol. The molecule has 0 fully saturated rings. The van der Waals surface area contributed by atoms with Crippen molar-refractivity contribution in [1.82, 2.24) is 36.4 Å². The van der Waals surface area contributed by atoms with Gasteiger partial charge in [0.15, 0.2) is 0 Å². The average Bonchev–Trinajstić information content (AvgIpc) is 3.11. The number of nitrogens with zero attached hydrogens (tertiary/aromatic N) is 3. The Hall–Kier alpha value is -5.05. The van der Waals surface area contributed by atoms with Gasteiger partial charge >= 0.3 is 12.2 Å². The predicted octanol–water partition coefficient (Wildman–Crippen LogP) is 6.66. The summed E-state index contributed by atoms with van der Waals surface area (Å²) in [7, 11) is 3.49. The van der Waals surface area contributed by atoms with Crippen LogP contribution in [0.4, 0.5) is 9.59 Å². The largest absolute Gasteiger partial charge is 0.447 e. The fourth-order valence-electron chi connectivity index (χ4n) is 6.18. The SMILES string of the molecule is CC(C)OC(=O)N[C@H](C(=O)N[C@@H](Cc1ccccc1)[C@H](CN(Cc1ccc(-c2ccccn2)cc1)NC(=O)[C@@H](NC(=O)OC(C)(C)C)C(C)(C)C)ON(C)C)C(C)(C)C. The molecule has 4 amide bonds. The third kappa shape index (κ3) is 17.0. The van der Waals surface area contributed by atoms with Crippen molar-refractivity contribution in [2.45, 2.75) is 125 Å². The minimum atomic E-state index is -0.997. The molecule has 0 aliphatic rings. The van der Waals surface area contributed by atoms with Gasteiger partial charge in [-0.05, 0) is 75.1 Å². The minimum absolute atomic E-state index is 0.0794. The Morgan fingerprint density at radius 3 is 1.80 bits per heavy atom. The van der Waals surface area contributed by atoms with E-state index in [1.807, 2.05) is 114 Å². The lowest BCUT2D eigenvalue weighted by molar-refractivity contribution is -0.184. The standard InChI is InChI=1S/C45H67N7O7/c1-30(2)57-41(55)48-37(43(3,4)5)39(53)47-35(27-31-19-15-14-16-20-31)36(59-51(12)13)29-52(28-32-22-24-33(25-23-32)34-21-17-18-26-46-34)50-40(54)38(44(6,7)8)49-42(56)58-45(9,10)11/h14-26,30,35-38H,27-29H2,1-13H3,(H,47,53)(H,48,55)(H,49,56)(H,50,54)/t35-,36-,37+,38+/m0/s1. The molecule has 0 unspecified atom stereocenters. The Bertz CT molecular complexity index is 1790. The summed E-state index contributed by atoms with van der Waals surface area (Å²) in [5, 5.41) is 12.0. The van der Waals surface area contributed by atoms with Gasteiger partial charge in [-0.2, -0.15) is 5.06 Å². The molecule has 1 aromatic heterocycles. The van der Waals surface area contributed by atoms with Crippen LogP contribution in [-0.4, -0.2) is 95.6 Å². The van der Waals surface area contributed by atoms with Crippen LogP contribution in [0.1, 0.15) is 87.3 Å². The van der Waals surface area contributed by atoms with E-state index in [4.69, 9.17) is 14.3 Å². The smallest absolute Gasteiger partial charge is 0.408 e. The number of nitrogens with one attached hydrogen (secondary N) is 4. The van der Waals surface area contributed by atoms with E-state index in [1.165, 1.54) is 0 Å². The third-order valence-corrected chi connectivity index (χ3v) is 8.90. The van der Waals surface area contributed by atoms with Gasteiger partial charge in [-0.15, -0.1) is 0 Å². The minimum Gasteiger partial charge on any atom is -0.447 e. The summed E-state index contributed by atoms with van der Waals surface area (Å²) in [5.74, 6) is -0.900. The van der Waals surface area contributed by atoms with Crippen molar-refractivity contribution in [2.24, 2.45) is 10.8 Å². The maximum atomic E-state index is 14.3. The Balaban J connectivity index is 2.08. The summed E-state index contributed by atoms with van der Waals surface area (Å²) in [5.41, 5.74) is 4.44. The number of hydroxylamine groups is 2. The number of pyridine rings is 1. The summed E-state index contributed by atoms with van der Waals surface area (Å²) in [6.45, 7) is 20.2. The Morgan fingerprint density at radius 2 is 1.27 bits per heavy atom. The van der Waals surface area contributed by atoms with Crippen LogP contribution in [0.3, 0.4) is 0 Å². The molecule has 0 saturated carbocycles. The van der Waals surface area contributed by atoms with Crippen molar-refractivity contribution in [3.05, 3.63) is 90.1 Å². The number of aromatic nitrogens is 1. The van der Waals surface area contributed by atoms with Gasteiger partial charge in [-0.25, -0.2) is 14.6 Å². The maximum absolute atomic E-state index is 14.3. The van der Waals surface area contributed by atoms with Crippen LogP contribution in [0.15, 0.2) is 79.0 Å². The van der Waals surface area contributed by atoms with Crippen LogP contribution >= 0.6 is 0 Å². The number of benzene rings is 2. The van der Waals surface area contributed by atoms with Crippen molar-refractivity contribution in [3.8, 4) is 11.3 Å². The summed E-state index contributed by atoms with van der Waals surface area (Å²) >= 11 is 0. The van der Waals surface area contributed by atoms with E-state index in [2.05, 4.69) is 26.4 Å². The molecule has 59 heavy (non-hydrogen) atoms. The first-order valence-electron chi connectivity index (χ1n) is 20.1. The van der Waals surface area contributed by atoms with Crippen LogP contribution in [0.5, 0.6) is 0 Å². The zero-order valence-corrected chi connectivity index (χ0v) is 37.2. The van der Waals surface area contributed by atoms with Crippen LogP contribution in [0.2, 0.25) is 0 Å². The first kappa shape index (κ1) is 48.3. The van der Waals surface area contributed by atoms with Crippen molar-refractivity contribution < 1.29 is 33.5 Å². The monoisotopic (exact) mass is 818 g/mol. The van der Waals surface area contributed by atoms with Crippen LogP contribution in [-0.2, 0) is 36.9 Å². The first-order valence-corrected chi connectivity index (χ1v) is 20.1. The van der Waals surface area contributed by atoms with Gasteiger partial charge < -0.3 is 25.4 Å². The van der Waals surface area contributed by atoms with Crippen molar-refractivity contribution in [3.63, 3.8) is 0 Å². The molecular formula is C45H67N7O7. The lowest BCUT2D eigenvalue weighted by Gasteiger charge is -2.38. The van der Waals surface area contributed by atoms with E-state index >= 15 is 0 Å². The second-order valence-corrected chi connectivity index (χ2v) is 18.4. The van der Waals surface area contributed by atoms with E-state index in [-0.39, 0.29) is 19.2 Å². The van der Waals surface area contributed by atoms with Crippen molar-refractivity contribution >= 4 is 24.0 Å². The van der Waals surface area contributed by atoms with E-state index in [0.29, 0.717) is 6.42 Å². The van der Waals surface area contributed by atoms with Crippen LogP contribution in [0, 0.1) is 10.8 Å². The molecule has 4 atom stereocenters. The normalized spacial score (nSPS) is 14.2. The number of hydrogen-bond acceptors (Lipinski definition) is 10. The van der Waals surface area contributed by atoms with Gasteiger partial charge in [0, 0.05) is 38.9 Å². The van der Waals surface area contributed by atoms with Crippen LogP contribution < -0.4 is 21.4 Å². The quantitative estimate of drug-likeness (QED) is 0.108. The van der Waals surface area contributed by atoms with Gasteiger partial charge in [0.05, 0.1) is 17.8 Å². The van der Waals surface area contributed by atoms with Crippen molar-refractivity contribution in [2.75, 3.05) is 20.6 Å². The fourth-order valence-corrected chi connectivity index (χ4v) is 6.18. The van der Waals surface area contributed by atoms with E-state index in [9.17, 15) is 19.2 Å². The lowest BCUT2D eigenvalue weighted by Crippen LogP contribution is -2.61. The molecule has 0 aliphatic carbocycles. The predicted molar refractivity (Wildman–Crippen MR) is 229 cm³/mol. The molecule has 3 rings (SSSR count). The number of amides is 4. The second kappa shape index (κ2) is 21.3. The zero-order valence-electron chi connectivity index (χ0n) is 37.2. The number of hydrogen-bond donors (Lipinski definition) is 4. The molecule has 0 spiro atoms. The van der Waals surface area contributed by atoms with E-state index in [1.54, 1.807) is 65.0 Å². The molecule has 0 radical (unpaired) electrons. The van der Waals surface area contributed by atoms with Gasteiger partial charge in [0.2, 0.25) is 5.91 Å². The molecule has 14 nitrogen and oxygen atoms in total. The van der Waals surface area contributed by atoms with Gasteiger partial charge in [0.25, 0.3) is 5.91 Å². The van der Waals surface area contributed by atoms with Gasteiger partial charge in [-0.3, -0.25) is 24.8 Å². The Labute approximate surface area is 351 Å².